The minimum absolute atomic E-state index is 0.332. The van der Waals surface area contributed by atoms with Crippen molar-refractivity contribution in [3.8, 4) is 0 Å². The zero-order chi connectivity index (χ0) is 15.9. The lowest BCUT2D eigenvalue weighted by Crippen LogP contribution is -2.14. The van der Waals surface area contributed by atoms with Gasteiger partial charge in [0.15, 0.2) is 0 Å². The molecule has 0 fully saturated rings. The van der Waals surface area contributed by atoms with Gasteiger partial charge < -0.3 is 10.2 Å². The van der Waals surface area contributed by atoms with Crippen LogP contribution < -0.4 is 10.9 Å². The molecule has 0 bridgehead atoms. The number of thiazole rings is 1. The Bertz CT molecular complexity index is 665. The van der Waals surface area contributed by atoms with E-state index in [-0.39, 0.29) is 5.97 Å². The van der Waals surface area contributed by atoms with Crippen LogP contribution >= 0.6 is 11.3 Å². The molecule has 1 heterocycles. The van der Waals surface area contributed by atoms with Gasteiger partial charge >= 0.3 is 5.97 Å². The number of aromatic nitrogens is 1. The Hall–Kier alpha value is -2.34. The Labute approximate surface area is 134 Å². The quantitative estimate of drug-likeness (QED) is 0.629. The van der Waals surface area contributed by atoms with E-state index in [1.54, 1.807) is 13.8 Å². The Balaban J connectivity index is 1.98. The van der Waals surface area contributed by atoms with Crippen LogP contribution in [0.1, 0.15) is 34.8 Å². The van der Waals surface area contributed by atoms with Crippen LogP contribution in [0.25, 0.3) is 5.57 Å². The molecule has 0 radical (unpaired) electrons. The SMILES string of the molecule is CCOC(=O)c1sc(NNC=C(C)c2ccccc2)nc1C. The summed E-state index contributed by atoms with van der Waals surface area (Å²) in [7, 11) is 0. The van der Waals surface area contributed by atoms with Gasteiger partial charge in [-0.2, -0.15) is 0 Å². The first kappa shape index (κ1) is 16.0. The lowest BCUT2D eigenvalue weighted by Gasteiger charge is -2.04. The molecule has 116 valence electrons. The highest BCUT2D eigenvalue weighted by atomic mass is 32.1. The Kier molecular flexibility index (Phi) is 5.55. The molecular formula is C16H19N3O2S. The average molecular weight is 317 g/mol. The summed E-state index contributed by atoms with van der Waals surface area (Å²) in [6, 6.07) is 10.1. The molecule has 0 saturated heterocycles. The second-order valence-electron chi connectivity index (χ2n) is 4.62. The number of carbonyl (C=O) groups is 1. The van der Waals surface area contributed by atoms with E-state index in [0.717, 1.165) is 11.1 Å². The van der Waals surface area contributed by atoms with Gasteiger partial charge in [-0.1, -0.05) is 41.7 Å². The van der Waals surface area contributed by atoms with Crippen molar-refractivity contribution < 1.29 is 9.53 Å². The molecule has 2 N–H and O–H groups in total. The van der Waals surface area contributed by atoms with Crippen molar-refractivity contribution in [1.82, 2.24) is 10.4 Å². The molecular weight excluding hydrogens is 298 g/mol. The maximum atomic E-state index is 11.7. The second kappa shape index (κ2) is 7.61. The normalized spacial score (nSPS) is 11.1. The van der Waals surface area contributed by atoms with Crippen LogP contribution in [0.4, 0.5) is 5.13 Å². The van der Waals surface area contributed by atoms with Crippen LogP contribution in [0, 0.1) is 6.92 Å². The van der Waals surface area contributed by atoms with Crippen molar-refractivity contribution in [1.29, 1.82) is 0 Å². The molecule has 0 aliphatic heterocycles. The standard InChI is InChI=1S/C16H19N3O2S/c1-4-21-15(20)14-12(3)18-16(22-14)19-17-10-11(2)13-8-6-5-7-9-13/h5-10,17H,4H2,1-3H3,(H,18,19). The summed E-state index contributed by atoms with van der Waals surface area (Å²) in [5, 5.41) is 0.623. The van der Waals surface area contributed by atoms with Crippen molar-refractivity contribution in [3.05, 3.63) is 52.7 Å². The molecule has 6 heteroatoms. The molecule has 0 amide bonds. The Morgan fingerprint density at radius 1 is 1.36 bits per heavy atom. The molecule has 0 saturated carbocycles. The lowest BCUT2D eigenvalue weighted by molar-refractivity contribution is 0.0531. The number of benzene rings is 1. The molecule has 1 aromatic carbocycles. The van der Waals surface area contributed by atoms with E-state index in [4.69, 9.17) is 4.74 Å². The van der Waals surface area contributed by atoms with Crippen molar-refractivity contribution >= 4 is 28.0 Å². The number of anilines is 1. The van der Waals surface area contributed by atoms with Gasteiger partial charge in [-0.25, -0.2) is 9.78 Å². The molecule has 22 heavy (non-hydrogen) atoms. The molecule has 0 unspecified atom stereocenters. The fraction of sp³-hybridized carbons (Fsp3) is 0.250. The largest absolute Gasteiger partial charge is 0.462 e. The molecule has 1 aromatic heterocycles. The van der Waals surface area contributed by atoms with Gasteiger partial charge in [-0.15, -0.1) is 0 Å². The molecule has 2 aromatic rings. The predicted octanol–water partition coefficient (Wildman–Crippen LogP) is 3.61. The fourth-order valence-corrected chi connectivity index (χ4v) is 2.65. The summed E-state index contributed by atoms with van der Waals surface area (Å²) >= 11 is 1.27. The Morgan fingerprint density at radius 2 is 2.09 bits per heavy atom. The summed E-state index contributed by atoms with van der Waals surface area (Å²) < 4.78 is 4.99. The number of nitrogens with zero attached hydrogens (tertiary/aromatic N) is 1. The number of hydrogen-bond acceptors (Lipinski definition) is 6. The van der Waals surface area contributed by atoms with Gasteiger partial charge in [0.2, 0.25) is 5.13 Å². The van der Waals surface area contributed by atoms with Crippen LogP contribution in [0.15, 0.2) is 36.5 Å². The Morgan fingerprint density at radius 3 is 2.77 bits per heavy atom. The number of rotatable bonds is 6. The predicted molar refractivity (Wildman–Crippen MR) is 89.7 cm³/mol. The van der Waals surface area contributed by atoms with Crippen molar-refractivity contribution in [2.45, 2.75) is 20.8 Å². The van der Waals surface area contributed by atoms with Crippen molar-refractivity contribution in [2.24, 2.45) is 0 Å². The summed E-state index contributed by atoms with van der Waals surface area (Å²) in [5.74, 6) is -0.332. The molecule has 2 rings (SSSR count). The summed E-state index contributed by atoms with van der Waals surface area (Å²) in [5.41, 5.74) is 8.86. The van der Waals surface area contributed by atoms with E-state index in [1.165, 1.54) is 11.3 Å². The first-order valence-corrected chi connectivity index (χ1v) is 7.81. The van der Waals surface area contributed by atoms with Crippen molar-refractivity contribution in [3.63, 3.8) is 0 Å². The number of nitrogens with one attached hydrogen (secondary N) is 2. The number of ether oxygens (including phenoxy) is 1. The first-order chi connectivity index (χ1) is 10.6. The van der Waals surface area contributed by atoms with E-state index in [0.29, 0.717) is 22.3 Å². The van der Waals surface area contributed by atoms with E-state index < -0.39 is 0 Å². The zero-order valence-electron chi connectivity index (χ0n) is 12.8. The lowest BCUT2D eigenvalue weighted by atomic mass is 10.1. The van der Waals surface area contributed by atoms with E-state index >= 15 is 0 Å². The van der Waals surface area contributed by atoms with Gasteiger partial charge in [0, 0.05) is 6.20 Å². The molecule has 0 aliphatic carbocycles. The highest BCUT2D eigenvalue weighted by Crippen LogP contribution is 2.22. The van der Waals surface area contributed by atoms with Crippen LogP contribution in [0.5, 0.6) is 0 Å². The summed E-state index contributed by atoms with van der Waals surface area (Å²) in [4.78, 5) is 16.6. The third kappa shape index (κ3) is 4.08. The summed E-state index contributed by atoms with van der Waals surface area (Å²) in [6.45, 7) is 5.95. The number of esters is 1. The highest BCUT2D eigenvalue weighted by molar-refractivity contribution is 7.17. The van der Waals surface area contributed by atoms with Gasteiger partial charge in [0.25, 0.3) is 0 Å². The fourth-order valence-electron chi connectivity index (χ4n) is 1.83. The number of allylic oxidation sites excluding steroid dienone is 1. The minimum Gasteiger partial charge on any atom is -0.462 e. The number of carbonyl (C=O) groups excluding carboxylic acids is 1. The molecule has 0 aliphatic rings. The summed E-state index contributed by atoms with van der Waals surface area (Å²) in [6.07, 6.45) is 1.86. The highest BCUT2D eigenvalue weighted by Gasteiger charge is 2.15. The van der Waals surface area contributed by atoms with Gasteiger partial charge in [0.05, 0.1) is 12.3 Å². The first-order valence-electron chi connectivity index (χ1n) is 7.00. The van der Waals surface area contributed by atoms with Crippen molar-refractivity contribution in [2.75, 3.05) is 12.0 Å². The minimum atomic E-state index is -0.332. The molecule has 0 atom stereocenters. The smallest absolute Gasteiger partial charge is 0.350 e. The van der Waals surface area contributed by atoms with Gasteiger partial charge in [-0.05, 0) is 31.9 Å². The molecule has 0 spiro atoms. The molecule has 5 nitrogen and oxygen atoms in total. The third-order valence-corrected chi connectivity index (χ3v) is 4.01. The van der Waals surface area contributed by atoms with Gasteiger partial charge in [0.1, 0.15) is 4.88 Å². The van der Waals surface area contributed by atoms with Crippen LogP contribution in [0.3, 0.4) is 0 Å². The van der Waals surface area contributed by atoms with E-state index in [1.807, 2.05) is 43.5 Å². The third-order valence-electron chi connectivity index (χ3n) is 2.95. The maximum absolute atomic E-state index is 11.7. The second-order valence-corrected chi connectivity index (χ2v) is 5.62. The number of hydrazine groups is 1. The van der Waals surface area contributed by atoms with Gasteiger partial charge in [-0.3, -0.25) is 5.43 Å². The monoisotopic (exact) mass is 317 g/mol. The number of hydrogen-bond donors (Lipinski definition) is 2. The van der Waals surface area contributed by atoms with Crippen LogP contribution in [-0.2, 0) is 4.74 Å². The zero-order valence-corrected chi connectivity index (χ0v) is 13.7. The van der Waals surface area contributed by atoms with E-state index in [9.17, 15) is 4.79 Å². The van der Waals surface area contributed by atoms with Crippen LogP contribution in [0.2, 0.25) is 0 Å². The van der Waals surface area contributed by atoms with E-state index in [2.05, 4.69) is 15.8 Å². The number of aryl methyl sites for hydroxylation is 1. The topological polar surface area (TPSA) is 63.2 Å². The maximum Gasteiger partial charge on any atom is 0.350 e. The average Bonchev–Trinajstić information content (AvgIpc) is 2.89. The van der Waals surface area contributed by atoms with Crippen LogP contribution in [-0.4, -0.2) is 17.6 Å².